The Kier molecular flexibility index (Phi) is 4.92. The van der Waals surface area contributed by atoms with Gasteiger partial charge in [0.05, 0.1) is 16.9 Å². The fraction of sp³-hybridized carbons (Fsp3) is 0.190. The SMILES string of the molecule is Cc1c(C=O)c(C(F)(F)F)nn1-c1cccc(C(=O)N(C)c2ccc3c(c2)OCO3)c1. The third-order valence-electron chi connectivity index (χ3n) is 4.93. The summed E-state index contributed by atoms with van der Waals surface area (Å²) in [5, 5.41) is 3.57. The number of anilines is 1. The number of aldehydes is 1. The minimum absolute atomic E-state index is 0.0241. The predicted octanol–water partition coefficient (Wildman–Crippen LogP) is 4.02. The quantitative estimate of drug-likeness (QED) is 0.584. The average Bonchev–Trinajstić information content (AvgIpc) is 3.35. The van der Waals surface area contributed by atoms with Gasteiger partial charge in [0.2, 0.25) is 6.79 Å². The van der Waals surface area contributed by atoms with E-state index < -0.39 is 23.3 Å². The van der Waals surface area contributed by atoms with Gasteiger partial charge in [-0.3, -0.25) is 9.59 Å². The van der Waals surface area contributed by atoms with Crippen LogP contribution in [-0.2, 0) is 6.18 Å². The molecule has 1 amide bonds. The van der Waals surface area contributed by atoms with Crippen LogP contribution in [0.25, 0.3) is 5.69 Å². The van der Waals surface area contributed by atoms with Gasteiger partial charge in [-0.15, -0.1) is 0 Å². The Balaban J connectivity index is 1.68. The summed E-state index contributed by atoms with van der Waals surface area (Å²) in [6.45, 7) is 1.46. The Hall–Kier alpha value is -3.82. The second-order valence-electron chi connectivity index (χ2n) is 6.83. The third kappa shape index (κ3) is 3.60. The Labute approximate surface area is 174 Å². The fourth-order valence-electron chi connectivity index (χ4n) is 3.29. The molecule has 0 spiro atoms. The van der Waals surface area contributed by atoms with Crippen molar-refractivity contribution >= 4 is 17.9 Å². The zero-order valence-electron chi connectivity index (χ0n) is 16.4. The first-order valence-corrected chi connectivity index (χ1v) is 9.11. The monoisotopic (exact) mass is 431 g/mol. The van der Waals surface area contributed by atoms with Crippen molar-refractivity contribution in [3.05, 3.63) is 65.0 Å². The molecule has 0 fully saturated rings. The number of alkyl halides is 3. The lowest BCUT2D eigenvalue weighted by atomic mass is 10.1. The van der Waals surface area contributed by atoms with Gasteiger partial charge in [-0.05, 0) is 37.3 Å². The van der Waals surface area contributed by atoms with E-state index in [0.717, 1.165) is 4.68 Å². The number of hydrogen-bond acceptors (Lipinski definition) is 5. The summed E-state index contributed by atoms with van der Waals surface area (Å²) in [4.78, 5) is 25.6. The molecule has 160 valence electrons. The lowest BCUT2D eigenvalue weighted by molar-refractivity contribution is -0.141. The molecule has 2 aromatic carbocycles. The van der Waals surface area contributed by atoms with Gasteiger partial charge in [0.25, 0.3) is 5.91 Å². The van der Waals surface area contributed by atoms with Crippen LogP contribution >= 0.6 is 0 Å². The number of rotatable bonds is 4. The van der Waals surface area contributed by atoms with Crippen LogP contribution in [0, 0.1) is 6.92 Å². The van der Waals surface area contributed by atoms with Crippen molar-refractivity contribution in [3.63, 3.8) is 0 Å². The second kappa shape index (κ2) is 7.46. The van der Waals surface area contributed by atoms with Gasteiger partial charge >= 0.3 is 6.18 Å². The number of aromatic nitrogens is 2. The van der Waals surface area contributed by atoms with Crippen LogP contribution in [-0.4, -0.2) is 35.8 Å². The number of nitrogens with zero attached hydrogens (tertiary/aromatic N) is 3. The Morgan fingerprint density at radius 1 is 1.16 bits per heavy atom. The van der Waals surface area contributed by atoms with Crippen molar-refractivity contribution in [2.75, 3.05) is 18.7 Å². The zero-order valence-corrected chi connectivity index (χ0v) is 16.4. The van der Waals surface area contributed by atoms with Gasteiger partial charge in [0.15, 0.2) is 23.5 Å². The second-order valence-corrected chi connectivity index (χ2v) is 6.83. The molecule has 1 aromatic heterocycles. The molecule has 31 heavy (non-hydrogen) atoms. The van der Waals surface area contributed by atoms with Crippen molar-refractivity contribution in [1.82, 2.24) is 9.78 Å². The summed E-state index contributed by atoms with van der Waals surface area (Å²) >= 11 is 0. The Morgan fingerprint density at radius 3 is 2.58 bits per heavy atom. The van der Waals surface area contributed by atoms with E-state index in [-0.39, 0.29) is 30.0 Å². The molecule has 4 rings (SSSR count). The minimum Gasteiger partial charge on any atom is -0.454 e. The summed E-state index contributed by atoms with van der Waals surface area (Å²) in [6.07, 6.45) is -4.65. The number of hydrogen-bond donors (Lipinski definition) is 0. The molecule has 0 atom stereocenters. The van der Waals surface area contributed by atoms with Gasteiger partial charge in [0, 0.05) is 24.4 Å². The molecule has 3 aromatic rings. The van der Waals surface area contributed by atoms with E-state index in [1.54, 1.807) is 31.3 Å². The Bertz CT molecular complexity index is 1190. The highest BCUT2D eigenvalue weighted by Crippen LogP contribution is 2.36. The molecule has 0 aliphatic carbocycles. The first kappa shape index (κ1) is 20.5. The summed E-state index contributed by atoms with van der Waals surface area (Å²) in [6, 6.07) is 11.0. The topological polar surface area (TPSA) is 73.7 Å². The maximum Gasteiger partial charge on any atom is 0.435 e. The molecular weight excluding hydrogens is 415 g/mol. The smallest absolute Gasteiger partial charge is 0.435 e. The van der Waals surface area contributed by atoms with Gasteiger partial charge in [-0.25, -0.2) is 4.68 Å². The molecule has 1 aliphatic heterocycles. The molecule has 1 aliphatic rings. The maximum absolute atomic E-state index is 13.2. The summed E-state index contributed by atoms with van der Waals surface area (Å²) in [7, 11) is 1.57. The van der Waals surface area contributed by atoms with Crippen molar-refractivity contribution in [2.24, 2.45) is 0 Å². The predicted molar refractivity (Wildman–Crippen MR) is 104 cm³/mol. The molecule has 0 saturated heterocycles. The molecule has 0 N–H and O–H groups in total. The van der Waals surface area contributed by atoms with Crippen molar-refractivity contribution < 1.29 is 32.2 Å². The van der Waals surface area contributed by atoms with Crippen LogP contribution in [0.5, 0.6) is 11.5 Å². The number of carbonyl (C=O) groups is 2. The first-order chi connectivity index (χ1) is 14.7. The van der Waals surface area contributed by atoms with E-state index in [4.69, 9.17) is 9.47 Å². The van der Waals surface area contributed by atoms with Crippen LogP contribution in [0.2, 0.25) is 0 Å². The van der Waals surface area contributed by atoms with E-state index in [2.05, 4.69) is 5.10 Å². The molecular formula is C21H16F3N3O4. The molecule has 7 nitrogen and oxygen atoms in total. The van der Waals surface area contributed by atoms with E-state index in [1.807, 2.05) is 0 Å². The fourth-order valence-corrected chi connectivity index (χ4v) is 3.29. The summed E-state index contributed by atoms with van der Waals surface area (Å²) in [5.74, 6) is 0.698. The number of carbonyl (C=O) groups excluding carboxylic acids is 2. The number of benzene rings is 2. The van der Waals surface area contributed by atoms with Crippen LogP contribution in [0.1, 0.15) is 32.1 Å². The molecule has 0 radical (unpaired) electrons. The van der Waals surface area contributed by atoms with Crippen molar-refractivity contribution in [1.29, 1.82) is 0 Å². The average molecular weight is 431 g/mol. The van der Waals surface area contributed by atoms with Crippen LogP contribution in [0.4, 0.5) is 18.9 Å². The summed E-state index contributed by atoms with van der Waals surface area (Å²) in [5.41, 5.74) is -0.778. The highest BCUT2D eigenvalue weighted by Gasteiger charge is 2.38. The lowest BCUT2D eigenvalue weighted by Gasteiger charge is -2.18. The standard InChI is InChI=1S/C21H16F3N3O4/c1-12-16(10-28)19(21(22,23)24)25-27(12)15-5-3-4-13(8-15)20(29)26(2)14-6-7-17-18(9-14)31-11-30-17/h3-10H,11H2,1-2H3. The highest BCUT2D eigenvalue weighted by molar-refractivity contribution is 6.06. The van der Waals surface area contributed by atoms with Gasteiger partial charge in [-0.2, -0.15) is 18.3 Å². The molecule has 10 heteroatoms. The van der Waals surface area contributed by atoms with Crippen LogP contribution in [0.15, 0.2) is 42.5 Å². The highest BCUT2D eigenvalue weighted by atomic mass is 19.4. The third-order valence-corrected chi connectivity index (χ3v) is 4.93. The largest absolute Gasteiger partial charge is 0.454 e. The van der Waals surface area contributed by atoms with E-state index in [9.17, 15) is 22.8 Å². The number of amides is 1. The first-order valence-electron chi connectivity index (χ1n) is 9.11. The van der Waals surface area contributed by atoms with Gasteiger partial charge in [-0.1, -0.05) is 6.07 Å². The number of fused-ring (bicyclic) bond motifs is 1. The number of halogens is 3. The van der Waals surface area contributed by atoms with Crippen molar-refractivity contribution in [3.8, 4) is 17.2 Å². The molecule has 0 saturated carbocycles. The van der Waals surface area contributed by atoms with Crippen LogP contribution in [0.3, 0.4) is 0 Å². The lowest BCUT2D eigenvalue weighted by Crippen LogP contribution is -2.26. The zero-order chi connectivity index (χ0) is 22.3. The van der Waals surface area contributed by atoms with E-state index >= 15 is 0 Å². The van der Waals surface area contributed by atoms with E-state index in [0.29, 0.717) is 17.2 Å². The molecule has 2 heterocycles. The maximum atomic E-state index is 13.2. The summed E-state index contributed by atoms with van der Waals surface area (Å²) < 4.78 is 51.3. The minimum atomic E-state index is -4.78. The molecule has 0 bridgehead atoms. The van der Waals surface area contributed by atoms with Gasteiger partial charge < -0.3 is 14.4 Å². The normalized spacial score (nSPS) is 12.7. The molecule has 0 unspecified atom stereocenters. The van der Waals surface area contributed by atoms with Crippen molar-refractivity contribution in [2.45, 2.75) is 13.1 Å². The van der Waals surface area contributed by atoms with Crippen LogP contribution < -0.4 is 14.4 Å². The van der Waals surface area contributed by atoms with E-state index in [1.165, 1.54) is 30.0 Å². The number of ether oxygens (including phenoxy) is 2. The van der Waals surface area contributed by atoms with Gasteiger partial charge in [0.1, 0.15) is 0 Å². The Morgan fingerprint density at radius 2 is 1.90 bits per heavy atom.